The van der Waals surface area contributed by atoms with Crippen LogP contribution in [0.15, 0.2) is 36.5 Å². The third kappa shape index (κ3) is 3.80. The van der Waals surface area contributed by atoms with E-state index in [1.807, 2.05) is 30.5 Å². The molecule has 0 spiro atoms. The number of hydrogen-bond donors (Lipinski definition) is 3. The Morgan fingerprint density at radius 1 is 1.09 bits per heavy atom. The summed E-state index contributed by atoms with van der Waals surface area (Å²) >= 11 is 0. The normalized spacial score (nSPS) is 15.2. The van der Waals surface area contributed by atoms with Gasteiger partial charge < -0.3 is 21.7 Å². The van der Waals surface area contributed by atoms with E-state index < -0.39 is 0 Å². The van der Waals surface area contributed by atoms with Crippen molar-refractivity contribution >= 4 is 34.3 Å². The van der Waals surface area contributed by atoms with E-state index in [1.54, 1.807) is 4.52 Å². The average Bonchev–Trinajstić information content (AvgIpc) is 3.22. The molecule has 0 unspecified atom stereocenters. The average molecular weight is 432 g/mol. The molecule has 1 fully saturated rings. The van der Waals surface area contributed by atoms with Crippen molar-refractivity contribution in [1.29, 1.82) is 0 Å². The van der Waals surface area contributed by atoms with E-state index in [4.69, 9.17) is 21.4 Å². The van der Waals surface area contributed by atoms with Gasteiger partial charge in [-0.05, 0) is 36.5 Å². The van der Waals surface area contributed by atoms with Gasteiger partial charge in [-0.15, -0.1) is 0 Å². The Morgan fingerprint density at radius 3 is 2.69 bits per heavy atom. The number of anilines is 3. The molecule has 0 saturated carbocycles. The van der Waals surface area contributed by atoms with Crippen LogP contribution in [0.3, 0.4) is 0 Å². The third-order valence-corrected chi connectivity index (χ3v) is 6.09. The molecule has 5 N–H and O–H groups in total. The van der Waals surface area contributed by atoms with Gasteiger partial charge in [-0.2, -0.15) is 19.6 Å². The van der Waals surface area contributed by atoms with E-state index in [2.05, 4.69) is 40.2 Å². The van der Waals surface area contributed by atoms with E-state index in [0.717, 1.165) is 59.6 Å². The predicted molar refractivity (Wildman–Crippen MR) is 128 cm³/mol. The van der Waals surface area contributed by atoms with Gasteiger partial charge >= 0.3 is 0 Å². The molecule has 9 nitrogen and oxygen atoms in total. The molecule has 0 radical (unpaired) electrons. The minimum Gasteiger partial charge on any atom is -0.384 e. The summed E-state index contributed by atoms with van der Waals surface area (Å²) in [7, 11) is 0. The standard InChI is InChI=1S/C23H29N9/c1-14(2)18-13-27-32-21(18)29-23(31-10-8-17(24)9-11-31)30-22(32)26-12-16-5-3-4-15-6-7-19(25)28-20(15)16/h3-7,13-14,17H,8-12,24H2,1-2H3,(H2,25,28)(H,26,29,30). The number of fused-ring (bicyclic) bond motifs is 2. The van der Waals surface area contributed by atoms with Gasteiger partial charge in [0.2, 0.25) is 11.9 Å². The fourth-order valence-corrected chi connectivity index (χ4v) is 4.19. The number of nitrogens with two attached hydrogens (primary N) is 2. The zero-order valence-electron chi connectivity index (χ0n) is 18.5. The summed E-state index contributed by atoms with van der Waals surface area (Å²) in [5.74, 6) is 2.19. The highest BCUT2D eigenvalue weighted by molar-refractivity contribution is 5.83. The van der Waals surface area contributed by atoms with Crippen LogP contribution in [-0.4, -0.2) is 43.7 Å². The number of benzene rings is 1. The lowest BCUT2D eigenvalue weighted by molar-refractivity contribution is 0.495. The van der Waals surface area contributed by atoms with E-state index in [-0.39, 0.29) is 6.04 Å². The van der Waals surface area contributed by atoms with Gasteiger partial charge in [-0.3, -0.25) is 0 Å². The van der Waals surface area contributed by atoms with Crippen molar-refractivity contribution in [2.45, 2.75) is 45.2 Å². The third-order valence-electron chi connectivity index (χ3n) is 6.09. The predicted octanol–water partition coefficient (Wildman–Crippen LogP) is 2.92. The number of aromatic nitrogens is 5. The van der Waals surface area contributed by atoms with E-state index in [9.17, 15) is 0 Å². The fourth-order valence-electron chi connectivity index (χ4n) is 4.19. The van der Waals surface area contributed by atoms with Crippen LogP contribution in [0.4, 0.5) is 17.7 Å². The molecule has 1 aliphatic heterocycles. The van der Waals surface area contributed by atoms with Crippen LogP contribution in [0.5, 0.6) is 0 Å². The van der Waals surface area contributed by atoms with Crippen LogP contribution in [0.1, 0.15) is 43.7 Å². The van der Waals surface area contributed by atoms with Crippen molar-refractivity contribution in [3.8, 4) is 0 Å². The molecule has 1 aromatic carbocycles. The molecule has 0 amide bonds. The van der Waals surface area contributed by atoms with E-state index >= 15 is 0 Å². The molecule has 4 aromatic rings. The van der Waals surface area contributed by atoms with Crippen LogP contribution in [0, 0.1) is 0 Å². The summed E-state index contributed by atoms with van der Waals surface area (Å²) < 4.78 is 1.79. The molecule has 0 bridgehead atoms. The van der Waals surface area contributed by atoms with E-state index in [1.165, 1.54) is 0 Å². The summed E-state index contributed by atoms with van der Waals surface area (Å²) in [6.07, 6.45) is 3.77. The summed E-state index contributed by atoms with van der Waals surface area (Å²) in [5, 5.41) is 9.11. The molecule has 166 valence electrons. The lowest BCUT2D eigenvalue weighted by Gasteiger charge is -2.30. The van der Waals surface area contributed by atoms with Crippen molar-refractivity contribution in [3.63, 3.8) is 0 Å². The van der Waals surface area contributed by atoms with Crippen molar-refractivity contribution in [1.82, 2.24) is 24.6 Å². The second-order valence-corrected chi connectivity index (χ2v) is 8.74. The van der Waals surface area contributed by atoms with Gasteiger partial charge in [0, 0.05) is 36.6 Å². The Bertz CT molecular complexity index is 1260. The molecule has 1 aliphatic rings. The number of nitrogens with zero attached hydrogens (tertiary/aromatic N) is 6. The first-order valence-corrected chi connectivity index (χ1v) is 11.1. The Morgan fingerprint density at radius 2 is 1.91 bits per heavy atom. The highest BCUT2D eigenvalue weighted by atomic mass is 15.4. The first kappa shape index (κ1) is 20.4. The van der Waals surface area contributed by atoms with E-state index in [0.29, 0.717) is 24.2 Å². The van der Waals surface area contributed by atoms with Crippen molar-refractivity contribution < 1.29 is 0 Å². The summed E-state index contributed by atoms with van der Waals surface area (Å²) in [5.41, 5.74) is 15.9. The van der Waals surface area contributed by atoms with Crippen LogP contribution in [-0.2, 0) is 6.54 Å². The summed E-state index contributed by atoms with van der Waals surface area (Å²) in [6.45, 7) is 6.56. The van der Waals surface area contributed by atoms with Crippen LogP contribution < -0.4 is 21.7 Å². The van der Waals surface area contributed by atoms with Gasteiger partial charge in [0.05, 0.1) is 11.7 Å². The maximum atomic E-state index is 6.10. The largest absolute Gasteiger partial charge is 0.384 e. The first-order valence-electron chi connectivity index (χ1n) is 11.1. The number of rotatable bonds is 5. The van der Waals surface area contributed by atoms with Crippen LogP contribution in [0.25, 0.3) is 16.6 Å². The molecular formula is C23H29N9. The Kier molecular flexibility index (Phi) is 5.26. The highest BCUT2D eigenvalue weighted by Gasteiger charge is 2.22. The number of nitrogen functional groups attached to an aromatic ring is 1. The number of pyridine rings is 1. The Labute approximate surface area is 186 Å². The first-order chi connectivity index (χ1) is 15.5. The number of para-hydroxylation sites is 1. The van der Waals surface area contributed by atoms with Crippen molar-refractivity contribution in [2.24, 2.45) is 5.73 Å². The quantitative estimate of drug-likeness (QED) is 0.441. The van der Waals surface area contributed by atoms with Gasteiger partial charge in [-0.1, -0.05) is 32.0 Å². The minimum atomic E-state index is 0.250. The minimum absolute atomic E-state index is 0.250. The van der Waals surface area contributed by atoms with Crippen molar-refractivity contribution in [2.75, 3.05) is 29.0 Å². The number of hydrogen-bond acceptors (Lipinski definition) is 8. The van der Waals surface area contributed by atoms with Crippen LogP contribution in [0.2, 0.25) is 0 Å². The molecule has 32 heavy (non-hydrogen) atoms. The maximum Gasteiger partial charge on any atom is 0.230 e. The topological polar surface area (TPSA) is 123 Å². The maximum absolute atomic E-state index is 6.10. The second kappa shape index (κ2) is 8.23. The number of piperidine rings is 1. The zero-order chi connectivity index (χ0) is 22.2. The highest BCUT2D eigenvalue weighted by Crippen LogP contribution is 2.25. The molecule has 0 aliphatic carbocycles. The van der Waals surface area contributed by atoms with Crippen molar-refractivity contribution in [3.05, 3.63) is 47.7 Å². The molecule has 3 aromatic heterocycles. The monoisotopic (exact) mass is 431 g/mol. The molecule has 0 atom stereocenters. The van der Waals surface area contributed by atoms with Crippen LogP contribution >= 0.6 is 0 Å². The molecule has 1 saturated heterocycles. The SMILES string of the molecule is CC(C)c1cnn2c(NCc3cccc4ccc(N)nc34)nc(N3CCC(N)CC3)nc12. The summed E-state index contributed by atoms with van der Waals surface area (Å²) in [4.78, 5) is 16.5. The molecular weight excluding hydrogens is 402 g/mol. The summed E-state index contributed by atoms with van der Waals surface area (Å²) in [6, 6.07) is 10.2. The second-order valence-electron chi connectivity index (χ2n) is 8.74. The Balaban J connectivity index is 1.52. The Hall–Kier alpha value is -3.46. The van der Waals surface area contributed by atoms with Gasteiger partial charge in [-0.25, -0.2) is 4.98 Å². The smallest absolute Gasteiger partial charge is 0.230 e. The van der Waals surface area contributed by atoms with Gasteiger partial charge in [0.15, 0.2) is 5.65 Å². The molecule has 5 rings (SSSR count). The van der Waals surface area contributed by atoms with Gasteiger partial charge in [0.1, 0.15) is 5.82 Å². The lowest BCUT2D eigenvalue weighted by atomic mass is 10.1. The fraction of sp³-hybridized carbons (Fsp3) is 0.391. The lowest BCUT2D eigenvalue weighted by Crippen LogP contribution is -2.40. The van der Waals surface area contributed by atoms with Gasteiger partial charge in [0.25, 0.3) is 0 Å². The zero-order valence-corrected chi connectivity index (χ0v) is 18.5. The molecule has 9 heteroatoms. The number of nitrogens with one attached hydrogen (secondary N) is 1. The molecule has 4 heterocycles.